The summed E-state index contributed by atoms with van der Waals surface area (Å²) in [5.41, 5.74) is 5.45. The lowest BCUT2D eigenvalue weighted by molar-refractivity contribution is -0.120. The molecule has 2 rings (SSSR count). The third-order valence-corrected chi connectivity index (χ3v) is 5.35. The van der Waals surface area contributed by atoms with Gasteiger partial charge in [-0.2, -0.15) is 0 Å². The molecule has 0 spiro atoms. The minimum Gasteiger partial charge on any atom is -0.358 e. The zero-order chi connectivity index (χ0) is 15.2. The van der Waals surface area contributed by atoms with Crippen LogP contribution in [0.15, 0.2) is 17.5 Å². The van der Waals surface area contributed by atoms with E-state index in [1.165, 1.54) is 12.8 Å². The Kier molecular flexibility index (Phi) is 5.99. The van der Waals surface area contributed by atoms with Gasteiger partial charge >= 0.3 is 0 Å². The van der Waals surface area contributed by atoms with E-state index in [-0.39, 0.29) is 5.91 Å². The van der Waals surface area contributed by atoms with Crippen LogP contribution >= 0.6 is 23.6 Å². The Balaban J connectivity index is 1.70. The number of carbonyl (C=O) groups is 1. The molecule has 1 aliphatic rings. The van der Waals surface area contributed by atoms with Crippen molar-refractivity contribution in [1.82, 2.24) is 16.2 Å². The number of thiophene rings is 1. The van der Waals surface area contributed by atoms with Crippen molar-refractivity contribution in [3.8, 4) is 0 Å². The van der Waals surface area contributed by atoms with E-state index in [0.717, 1.165) is 11.3 Å². The number of hydrogen-bond acceptors (Lipinski definition) is 3. The highest BCUT2D eigenvalue weighted by atomic mass is 32.1. The summed E-state index contributed by atoms with van der Waals surface area (Å²) in [7, 11) is 0. The fourth-order valence-corrected chi connectivity index (χ4v) is 3.64. The molecule has 4 nitrogen and oxygen atoms in total. The van der Waals surface area contributed by atoms with Crippen molar-refractivity contribution >= 4 is 34.6 Å². The van der Waals surface area contributed by atoms with E-state index in [4.69, 9.17) is 12.2 Å². The van der Waals surface area contributed by atoms with Gasteiger partial charge < -0.3 is 5.32 Å². The molecule has 1 heterocycles. The Morgan fingerprint density at radius 1 is 1.38 bits per heavy atom. The van der Waals surface area contributed by atoms with Crippen molar-refractivity contribution < 1.29 is 4.79 Å². The molecular weight excluding hydrogens is 302 g/mol. The molecule has 0 radical (unpaired) electrons. The van der Waals surface area contributed by atoms with Crippen molar-refractivity contribution in [2.75, 3.05) is 0 Å². The molecule has 0 bridgehead atoms. The molecule has 0 saturated heterocycles. The van der Waals surface area contributed by atoms with E-state index in [9.17, 15) is 4.79 Å². The normalized spacial score (nSPS) is 25.1. The summed E-state index contributed by atoms with van der Waals surface area (Å²) in [6.45, 7) is 4.55. The van der Waals surface area contributed by atoms with Crippen LogP contribution in [-0.4, -0.2) is 17.1 Å². The lowest BCUT2D eigenvalue weighted by Gasteiger charge is -2.35. The molecule has 116 valence electrons. The Bertz CT molecular complexity index is 475. The maximum atomic E-state index is 11.8. The molecule has 3 atom stereocenters. The molecule has 1 fully saturated rings. The van der Waals surface area contributed by atoms with Gasteiger partial charge in [0.25, 0.3) is 0 Å². The highest BCUT2D eigenvalue weighted by molar-refractivity contribution is 7.80. The predicted octanol–water partition coefficient (Wildman–Crippen LogP) is 2.61. The summed E-state index contributed by atoms with van der Waals surface area (Å²) in [4.78, 5) is 12.8. The van der Waals surface area contributed by atoms with Gasteiger partial charge in [-0.15, -0.1) is 11.3 Å². The first-order chi connectivity index (χ1) is 10.1. The third-order valence-electron chi connectivity index (χ3n) is 4.25. The zero-order valence-corrected chi connectivity index (χ0v) is 14.2. The van der Waals surface area contributed by atoms with E-state index in [1.54, 1.807) is 11.3 Å². The second-order valence-electron chi connectivity index (χ2n) is 5.78. The first-order valence-corrected chi connectivity index (χ1v) is 8.72. The predicted molar refractivity (Wildman–Crippen MR) is 91.0 cm³/mol. The van der Waals surface area contributed by atoms with Crippen LogP contribution in [0.5, 0.6) is 0 Å². The van der Waals surface area contributed by atoms with Crippen LogP contribution < -0.4 is 16.2 Å². The first kappa shape index (κ1) is 16.2. The molecule has 1 aliphatic carbocycles. The first-order valence-electron chi connectivity index (χ1n) is 7.44. The van der Waals surface area contributed by atoms with E-state index >= 15 is 0 Å². The van der Waals surface area contributed by atoms with Gasteiger partial charge in [0.05, 0.1) is 6.42 Å². The van der Waals surface area contributed by atoms with Crippen molar-refractivity contribution in [2.45, 2.75) is 45.6 Å². The van der Waals surface area contributed by atoms with Crippen LogP contribution in [0.4, 0.5) is 0 Å². The molecule has 1 amide bonds. The number of hydrogen-bond donors (Lipinski definition) is 3. The third kappa shape index (κ3) is 4.97. The van der Waals surface area contributed by atoms with Crippen molar-refractivity contribution in [3.63, 3.8) is 0 Å². The number of carbonyl (C=O) groups excluding carboxylic acids is 1. The van der Waals surface area contributed by atoms with Crippen LogP contribution in [0.1, 0.15) is 38.0 Å². The average Bonchev–Trinajstić information content (AvgIpc) is 2.94. The smallest absolute Gasteiger partial charge is 0.243 e. The lowest BCUT2D eigenvalue weighted by Crippen LogP contribution is -2.52. The van der Waals surface area contributed by atoms with Crippen molar-refractivity contribution in [1.29, 1.82) is 0 Å². The van der Waals surface area contributed by atoms with Crippen LogP contribution in [0.3, 0.4) is 0 Å². The summed E-state index contributed by atoms with van der Waals surface area (Å²) in [6, 6.07) is 4.28. The number of amides is 1. The molecule has 0 unspecified atom stereocenters. The molecule has 0 aliphatic heterocycles. The quantitative estimate of drug-likeness (QED) is 0.591. The Hall–Kier alpha value is -1.14. The summed E-state index contributed by atoms with van der Waals surface area (Å²) >= 11 is 6.84. The summed E-state index contributed by atoms with van der Waals surface area (Å²) in [5.74, 6) is 1.24. The minimum atomic E-state index is -0.0772. The second kappa shape index (κ2) is 7.75. The number of rotatable bonds is 3. The van der Waals surface area contributed by atoms with Crippen LogP contribution in [0.25, 0.3) is 0 Å². The van der Waals surface area contributed by atoms with E-state index in [1.807, 2.05) is 17.5 Å². The zero-order valence-electron chi connectivity index (χ0n) is 12.5. The fourth-order valence-electron chi connectivity index (χ4n) is 2.73. The van der Waals surface area contributed by atoms with Gasteiger partial charge in [-0.05, 0) is 41.9 Å². The van der Waals surface area contributed by atoms with Crippen LogP contribution in [0.2, 0.25) is 0 Å². The van der Waals surface area contributed by atoms with Crippen LogP contribution in [0, 0.1) is 11.8 Å². The van der Waals surface area contributed by atoms with Gasteiger partial charge in [0, 0.05) is 10.9 Å². The van der Waals surface area contributed by atoms with Gasteiger partial charge in [-0.3, -0.25) is 15.6 Å². The van der Waals surface area contributed by atoms with E-state index < -0.39 is 0 Å². The van der Waals surface area contributed by atoms with Gasteiger partial charge in [-0.25, -0.2) is 0 Å². The maximum absolute atomic E-state index is 11.8. The molecule has 0 aromatic carbocycles. The molecule has 1 saturated carbocycles. The lowest BCUT2D eigenvalue weighted by atomic mass is 9.78. The largest absolute Gasteiger partial charge is 0.358 e. The van der Waals surface area contributed by atoms with Crippen molar-refractivity contribution in [3.05, 3.63) is 22.4 Å². The average molecular weight is 326 g/mol. The van der Waals surface area contributed by atoms with Crippen molar-refractivity contribution in [2.24, 2.45) is 11.8 Å². The molecule has 1 aromatic rings. The Morgan fingerprint density at radius 3 is 2.90 bits per heavy atom. The number of hydrazine groups is 1. The standard InChI is InChI=1S/C15H23N3OS2/c1-10-5-3-7-13(11(10)2)16-15(20)18-17-14(19)9-12-6-4-8-21-12/h4,6,8,10-11,13H,3,5,7,9H2,1-2H3,(H,17,19)(H2,16,18,20)/t10-,11+,13+/m0/s1. The minimum absolute atomic E-state index is 0.0772. The number of thiocarbonyl (C=S) groups is 1. The highest BCUT2D eigenvalue weighted by Crippen LogP contribution is 2.29. The SMILES string of the molecule is C[C@@H]1[C@@H](C)CCC[C@H]1NC(=S)NNC(=O)Cc1cccs1. The molecule has 1 aromatic heterocycles. The van der Waals surface area contributed by atoms with E-state index in [0.29, 0.717) is 29.4 Å². The Labute approximate surface area is 135 Å². The summed E-state index contributed by atoms with van der Waals surface area (Å²) < 4.78 is 0. The van der Waals surface area contributed by atoms with Gasteiger partial charge in [0.1, 0.15) is 0 Å². The summed E-state index contributed by atoms with van der Waals surface area (Å²) in [5, 5.41) is 5.79. The highest BCUT2D eigenvalue weighted by Gasteiger charge is 2.27. The summed E-state index contributed by atoms with van der Waals surface area (Å²) in [6.07, 6.45) is 4.04. The molecule has 3 N–H and O–H groups in total. The van der Waals surface area contributed by atoms with Gasteiger partial charge in [-0.1, -0.05) is 32.8 Å². The second-order valence-corrected chi connectivity index (χ2v) is 7.22. The Morgan fingerprint density at radius 2 is 2.19 bits per heavy atom. The maximum Gasteiger partial charge on any atom is 0.243 e. The molecule has 6 heteroatoms. The fraction of sp³-hybridized carbons (Fsp3) is 0.600. The number of nitrogens with one attached hydrogen (secondary N) is 3. The van der Waals surface area contributed by atoms with E-state index in [2.05, 4.69) is 30.0 Å². The van der Waals surface area contributed by atoms with Gasteiger partial charge in [0.15, 0.2) is 5.11 Å². The monoisotopic (exact) mass is 325 g/mol. The van der Waals surface area contributed by atoms with Crippen LogP contribution in [-0.2, 0) is 11.2 Å². The molecule has 21 heavy (non-hydrogen) atoms. The topological polar surface area (TPSA) is 53.2 Å². The molecular formula is C15H23N3OS2. The van der Waals surface area contributed by atoms with Gasteiger partial charge in [0.2, 0.25) is 5.91 Å².